The third-order valence-corrected chi connectivity index (χ3v) is 4.43. The van der Waals surface area contributed by atoms with E-state index in [-0.39, 0.29) is 5.84 Å². The van der Waals surface area contributed by atoms with Gasteiger partial charge in [-0.3, -0.25) is 5.73 Å². The molecular weight excluding hydrogens is 244 g/mol. The minimum absolute atomic E-state index is 0.269. The van der Waals surface area contributed by atoms with Gasteiger partial charge in [-0.1, -0.05) is 11.6 Å². The summed E-state index contributed by atoms with van der Waals surface area (Å²) in [5.74, 6) is -1.02. The summed E-state index contributed by atoms with van der Waals surface area (Å²) in [4.78, 5) is 2.95. The van der Waals surface area contributed by atoms with Crippen LogP contribution in [0.15, 0.2) is 11.6 Å². The third kappa shape index (κ3) is 1.14. The number of rotatable bonds is 0. The Bertz CT molecular complexity index is 576. The van der Waals surface area contributed by atoms with E-state index in [1.54, 1.807) is 0 Å². The van der Waals surface area contributed by atoms with Crippen LogP contribution in [0.3, 0.4) is 0 Å². The average Bonchev–Trinajstić information content (AvgIpc) is 2.95. The van der Waals surface area contributed by atoms with Crippen LogP contribution in [0, 0.1) is 33.5 Å². The molecule has 6 nitrogen and oxygen atoms in total. The Balaban J connectivity index is 2.26. The minimum atomic E-state index is -1.29. The smallest absolute Gasteiger partial charge is 0.311 e. The van der Waals surface area contributed by atoms with Gasteiger partial charge >= 0.3 is 5.91 Å². The van der Waals surface area contributed by atoms with Crippen molar-refractivity contribution in [1.29, 1.82) is 10.5 Å². The number of nitriles is 2. The lowest BCUT2D eigenvalue weighted by molar-refractivity contribution is -0.679. The van der Waals surface area contributed by atoms with E-state index in [2.05, 4.69) is 17.1 Å². The van der Waals surface area contributed by atoms with Gasteiger partial charge in [0.25, 0.3) is 5.84 Å². The first-order chi connectivity index (χ1) is 9.06. The second-order valence-electron chi connectivity index (χ2n) is 5.32. The Hall–Kier alpha value is -1.89. The summed E-state index contributed by atoms with van der Waals surface area (Å²) in [6.45, 7) is 2.71. The van der Waals surface area contributed by atoms with Crippen LogP contribution in [0.5, 0.6) is 0 Å². The summed E-state index contributed by atoms with van der Waals surface area (Å²) < 4.78 is 11.3. The average molecular weight is 259 g/mol. The molecule has 1 spiro atoms. The lowest BCUT2D eigenvalue weighted by Crippen LogP contribution is -2.89. The zero-order chi connectivity index (χ0) is 13.7. The van der Waals surface area contributed by atoms with Crippen molar-refractivity contribution >= 4 is 5.84 Å². The number of nitrogens with one attached hydrogen (secondary N) is 1. The van der Waals surface area contributed by atoms with Crippen LogP contribution in [-0.2, 0) is 9.47 Å². The van der Waals surface area contributed by atoms with Crippen molar-refractivity contribution in [3.8, 4) is 12.1 Å². The highest BCUT2D eigenvalue weighted by Crippen LogP contribution is 2.57. The highest BCUT2D eigenvalue weighted by Gasteiger charge is 2.78. The van der Waals surface area contributed by atoms with Crippen molar-refractivity contribution in [2.24, 2.45) is 16.6 Å². The van der Waals surface area contributed by atoms with Gasteiger partial charge < -0.3 is 9.47 Å². The maximum absolute atomic E-state index is 9.78. The van der Waals surface area contributed by atoms with Crippen LogP contribution >= 0.6 is 0 Å². The Morgan fingerprint density at radius 1 is 1.32 bits per heavy atom. The predicted molar refractivity (Wildman–Crippen MR) is 63.9 cm³/mol. The SMILES string of the molecule is CC1=CCC2(C#N)C3([NH+]=C(N)C2(C#N)C1)OCCO3. The van der Waals surface area contributed by atoms with Crippen molar-refractivity contribution < 1.29 is 14.5 Å². The zero-order valence-electron chi connectivity index (χ0n) is 10.7. The molecule has 0 aromatic heterocycles. The number of nitrogens with two attached hydrogens (primary N) is 1. The topological polar surface area (TPSA) is 106 Å². The van der Waals surface area contributed by atoms with Crippen molar-refractivity contribution in [1.82, 2.24) is 0 Å². The molecule has 2 heterocycles. The third-order valence-electron chi connectivity index (χ3n) is 4.43. The molecule has 3 N–H and O–H groups in total. The Morgan fingerprint density at radius 3 is 2.58 bits per heavy atom. The first kappa shape index (κ1) is 12.2. The van der Waals surface area contributed by atoms with E-state index < -0.39 is 16.7 Å². The number of allylic oxidation sites excluding steroid dienone is 2. The summed E-state index contributed by atoms with van der Waals surface area (Å²) in [6, 6.07) is 4.53. The van der Waals surface area contributed by atoms with Gasteiger partial charge in [-0.25, -0.2) is 4.99 Å². The standard InChI is InChI=1S/C13H14N4O2/c1-9-2-3-12(8-15)11(6-9,7-14)10(16)17-13(12)18-4-5-19-13/h2H,3-6H2,1H3,(H2,16,17)/p+1. The number of fused-ring (bicyclic) bond motifs is 2. The van der Waals surface area contributed by atoms with Gasteiger partial charge in [0, 0.05) is 6.42 Å². The van der Waals surface area contributed by atoms with Crippen molar-refractivity contribution in [3.63, 3.8) is 0 Å². The summed E-state index contributed by atoms with van der Waals surface area (Å²) in [5.41, 5.74) is 4.86. The lowest BCUT2D eigenvalue weighted by atomic mass is 9.57. The number of nitrogens with zero attached hydrogens (tertiary/aromatic N) is 2. The first-order valence-corrected chi connectivity index (χ1v) is 6.23. The molecule has 0 saturated carbocycles. The monoisotopic (exact) mass is 259 g/mol. The quantitative estimate of drug-likeness (QED) is 0.537. The molecule has 3 aliphatic rings. The largest absolute Gasteiger partial charge is 0.343 e. The predicted octanol–water partition coefficient (Wildman–Crippen LogP) is -1.10. The van der Waals surface area contributed by atoms with Gasteiger partial charge in [-0.2, -0.15) is 10.5 Å². The second-order valence-corrected chi connectivity index (χ2v) is 5.32. The van der Waals surface area contributed by atoms with E-state index >= 15 is 0 Å². The van der Waals surface area contributed by atoms with Crippen LogP contribution in [-0.4, -0.2) is 25.0 Å². The summed E-state index contributed by atoms with van der Waals surface area (Å²) in [5, 5.41) is 19.5. The number of hydrogen-bond acceptors (Lipinski definition) is 5. The normalized spacial score (nSPS) is 39.1. The molecule has 19 heavy (non-hydrogen) atoms. The van der Waals surface area contributed by atoms with Crippen LogP contribution in [0.4, 0.5) is 0 Å². The van der Waals surface area contributed by atoms with E-state index in [9.17, 15) is 10.5 Å². The molecule has 2 atom stereocenters. The second kappa shape index (κ2) is 3.57. The van der Waals surface area contributed by atoms with Crippen molar-refractivity contribution in [2.75, 3.05) is 13.2 Å². The van der Waals surface area contributed by atoms with Gasteiger partial charge in [-0.15, -0.1) is 0 Å². The van der Waals surface area contributed by atoms with E-state index in [0.717, 1.165) is 5.57 Å². The van der Waals surface area contributed by atoms with Gasteiger partial charge in [0.2, 0.25) is 0 Å². The maximum atomic E-state index is 9.78. The molecular formula is C13H15N4O2+. The minimum Gasteiger partial charge on any atom is -0.311 e. The van der Waals surface area contributed by atoms with E-state index in [1.165, 1.54) is 0 Å². The number of ether oxygens (including phenoxy) is 2. The summed E-state index contributed by atoms with van der Waals surface area (Å²) in [6.07, 6.45) is 2.77. The van der Waals surface area contributed by atoms with Gasteiger partial charge in [0.05, 0.1) is 25.4 Å². The van der Waals surface area contributed by atoms with E-state index in [0.29, 0.717) is 26.1 Å². The van der Waals surface area contributed by atoms with Gasteiger partial charge in [-0.05, 0) is 13.3 Å². The molecule has 2 unspecified atom stereocenters. The maximum Gasteiger partial charge on any atom is 0.343 e. The number of hydrogen-bond donors (Lipinski definition) is 2. The summed E-state index contributed by atoms with van der Waals surface area (Å²) in [7, 11) is 0. The van der Waals surface area contributed by atoms with E-state index in [1.807, 2.05) is 13.0 Å². The molecule has 0 amide bonds. The molecule has 0 aromatic rings. The fourth-order valence-electron chi connectivity index (χ4n) is 3.41. The molecule has 0 radical (unpaired) electrons. The Morgan fingerprint density at radius 2 is 2.00 bits per heavy atom. The summed E-state index contributed by atoms with van der Waals surface area (Å²) >= 11 is 0. The lowest BCUT2D eigenvalue weighted by Gasteiger charge is -2.41. The molecule has 6 heteroatoms. The van der Waals surface area contributed by atoms with Crippen LogP contribution in [0.1, 0.15) is 19.8 Å². The zero-order valence-corrected chi connectivity index (χ0v) is 10.7. The number of amidine groups is 1. The first-order valence-electron chi connectivity index (χ1n) is 6.23. The van der Waals surface area contributed by atoms with Gasteiger partial charge in [0.15, 0.2) is 10.8 Å². The van der Waals surface area contributed by atoms with Crippen LogP contribution < -0.4 is 10.7 Å². The molecule has 0 aromatic carbocycles. The molecule has 2 aliphatic heterocycles. The molecule has 98 valence electrons. The molecule has 1 aliphatic carbocycles. The highest BCUT2D eigenvalue weighted by atomic mass is 16.8. The molecule has 3 rings (SSSR count). The van der Waals surface area contributed by atoms with E-state index in [4.69, 9.17) is 15.2 Å². The van der Waals surface area contributed by atoms with Gasteiger partial charge in [0.1, 0.15) is 0 Å². The van der Waals surface area contributed by atoms with Crippen molar-refractivity contribution in [3.05, 3.63) is 11.6 Å². The van der Waals surface area contributed by atoms with Crippen LogP contribution in [0.2, 0.25) is 0 Å². The highest BCUT2D eigenvalue weighted by molar-refractivity contribution is 5.88. The Labute approximate surface area is 111 Å². The molecule has 1 fully saturated rings. The van der Waals surface area contributed by atoms with Crippen molar-refractivity contribution in [2.45, 2.75) is 25.7 Å². The fraction of sp³-hybridized carbons (Fsp3) is 0.615. The Kier molecular flexibility index (Phi) is 2.28. The van der Waals surface area contributed by atoms with Crippen LogP contribution in [0.25, 0.3) is 0 Å². The fourth-order valence-corrected chi connectivity index (χ4v) is 3.41. The molecule has 1 saturated heterocycles. The molecule has 0 bridgehead atoms.